The zero-order valence-corrected chi connectivity index (χ0v) is 24.7. The van der Waals surface area contributed by atoms with Gasteiger partial charge in [-0.25, -0.2) is 5.43 Å². The van der Waals surface area contributed by atoms with Gasteiger partial charge in [-0.1, -0.05) is 55.8 Å². The Labute approximate surface area is 239 Å². The van der Waals surface area contributed by atoms with E-state index in [0.717, 1.165) is 53.0 Å². The molecule has 38 heavy (non-hydrogen) atoms. The first kappa shape index (κ1) is 29.5. The Morgan fingerprint density at radius 2 is 1.71 bits per heavy atom. The number of hydrazone groups is 1. The molecule has 0 bridgehead atoms. The van der Waals surface area contributed by atoms with Crippen LogP contribution in [0.25, 0.3) is 0 Å². The average molecular weight is 626 g/mol. The number of aryl methyl sites for hydroxylation is 1. The van der Waals surface area contributed by atoms with E-state index in [1.165, 1.54) is 0 Å². The lowest BCUT2D eigenvalue weighted by Crippen LogP contribution is -2.32. The van der Waals surface area contributed by atoms with Gasteiger partial charge in [0.1, 0.15) is 0 Å². The lowest BCUT2D eigenvalue weighted by molar-refractivity contribution is 0.0956. The molecule has 0 aliphatic carbocycles. The summed E-state index contributed by atoms with van der Waals surface area (Å²) in [6.45, 7) is 11.1. The fraction of sp³-hybridized carbons (Fsp3) is 0.300. The molecule has 8 heteroatoms. The van der Waals surface area contributed by atoms with Gasteiger partial charge in [0.2, 0.25) is 0 Å². The fourth-order valence-corrected chi connectivity index (χ4v) is 4.53. The molecule has 3 aromatic rings. The second-order valence-electron chi connectivity index (χ2n) is 9.22. The zero-order chi connectivity index (χ0) is 27.5. The molecule has 0 aliphatic heterocycles. The first-order valence-corrected chi connectivity index (χ1v) is 13.9. The van der Waals surface area contributed by atoms with E-state index < -0.39 is 5.91 Å². The van der Waals surface area contributed by atoms with Gasteiger partial charge in [0.25, 0.3) is 11.8 Å². The number of amides is 2. The van der Waals surface area contributed by atoms with Gasteiger partial charge in [0.05, 0.1) is 17.5 Å². The molecular formula is C30H36IN5O2. The van der Waals surface area contributed by atoms with E-state index in [2.05, 4.69) is 69.1 Å². The summed E-state index contributed by atoms with van der Waals surface area (Å²) in [6.07, 6.45) is 1.60. The summed E-state index contributed by atoms with van der Waals surface area (Å²) >= 11 is 2.14. The van der Waals surface area contributed by atoms with Crippen LogP contribution >= 0.6 is 22.6 Å². The Hall–Kier alpha value is -3.08. The number of benzene rings is 3. The first-order chi connectivity index (χ1) is 18.3. The van der Waals surface area contributed by atoms with Crippen LogP contribution in [0.4, 0.5) is 5.69 Å². The van der Waals surface area contributed by atoms with Crippen molar-refractivity contribution in [3.63, 3.8) is 0 Å². The summed E-state index contributed by atoms with van der Waals surface area (Å²) in [6, 6.07) is 20.8. The Morgan fingerprint density at radius 3 is 2.45 bits per heavy atom. The topological polar surface area (TPSA) is 77.0 Å². The van der Waals surface area contributed by atoms with Crippen LogP contribution in [0.5, 0.6) is 0 Å². The molecule has 0 aromatic heterocycles. The molecule has 0 spiro atoms. The van der Waals surface area contributed by atoms with Crippen molar-refractivity contribution in [1.82, 2.24) is 15.2 Å². The fourth-order valence-electron chi connectivity index (χ4n) is 4.04. The number of nitrogens with one attached hydrogen (secondary N) is 2. The van der Waals surface area contributed by atoms with Crippen LogP contribution in [0.2, 0.25) is 0 Å². The second-order valence-corrected chi connectivity index (χ2v) is 10.5. The molecule has 0 unspecified atom stereocenters. The van der Waals surface area contributed by atoms with Crippen molar-refractivity contribution in [1.29, 1.82) is 0 Å². The molecule has 0 radical (unpaired) electrons. The van der Waals surface area contributed by atoms with Crippen LogP contribution in [0.1, 0.15) is 51.3 Å². The summed E-state index contributed by atoms with van der Waals surface area (Å²) in [5.74, 6) is -0.664. The van der Waals surface area contributed by atoms with Crippen LogP contribution in [0.15, 0.2) is 71.8 Å². The van der Waals surface area contributed by atoms with E-state index >= 15 is 0 Å². The van der Waals surface area contributed by atoms with Crippen molar-refractivity contribution in [3.05, 3.63) is 98.1 Å². The molecule has 0 saturated heterocycles. The van der Waals surface area contributed by atoms with Crippen LogP contribution in [-0.4, -0.2) is 61.1 Å². The highest BCUT2D eigenvalue weighted by atomic mass is 127. The van der Waals surface area contributed by atoms with Crippen molar-refractivity contribution in [3.8, 4) is 0 Å². The minimum absolute atomic E-state index is 0.267. The molecule has 0 saturated carbocycles. The normalized spacial score (nSPS) is 11.3. The molecule has 2 amide bonds. The maximum absolute atomic E-state index is 13.1. The molecule has 0 aliphatic rings. The number of halogens is 1. The van der Waals surface area contributed by atoms with Gasteiger partial charge >= 0.3 is 0 Å². The van der Waals surface area contributed by atoms with E-state index in [1.807, 2.05) is 55.5 Å². The molecule has 2 N–H and O–H groups in total. The van der Waals surface area contributed by atoms with Crippen molar-refractivity contribution in [2.45, 2.75) is 27.3 Å². The standard InChI is InChI=1S/C30H36IN5O2/c1-5-36(6-2)16-15-35(4)21-24-11-8-12-25(18-24)29(37)33-28-14-13-26(31)19-27(28)30(38)34-32-20-23-10-7-9-22(3)17-23/h7-14,17-20H,5-6,15-16,21H2,1-4H3,(H,33,37)(H,34,38)/b32-20+. The van der Waals surface area contributed by atoms with Gasteiger partial charge in [-0.15, -0.1) is 0 Å². The Morgan fingerprint density at radius 1 is 0.947 bits per heavy atom. The molecule has 0 atom stereocenters. The van der Waals surface area contributed by atoms with Gasteiger partial charge in [-0.3, -0.25) is 9.59 Å². The molecular weight excluding hydrogens is 589 g/mol. The third kappa shape index (κ3) is 9.04. The maximum Gasteiger partial charge on any atom is 0.273 e. The molecule has 3 aromatic carbocycles. The number of hydrogen-bond acceptors (Lipinski definition) is 5. The quantitative estimate of drug-likeness (QED) is 0.161. The predicted octanol–water partition coefficient (Wildman–Crippen LogP) is 5.39. The monoisotopic (exact) mass is 625 g/mol. The summed E-state index contributed by atoms with van der Waals surface area (Å²) in [5, 5.41) is 7.01. The van der Waals surface area contributed by atoms with Gasteiger partial charge < -0.3 is 15.1 Å². The average Bonchev–Trinajstić information content (AvgIpc) is 2.90. The third-order valence-electron chi connectivity index (χ3n) is 6.23. The van der Waals surface area contributed by atoms with Crippen LogP contribution in [0, 0.1) is 10.5 Å². The van der Waals surface area contributed by atoms with E-state index in [0.29, 0.717) is 16.8 Å². The van der Waals surface area contributed by atoms with Crippen molar-refractivity contribution < 1.29 is 9.59 Å². The Bertz CT molecular complexity index is 1270. The lowest BCUT2D eigenvalue weighted by Gasteiger charge is -2.23. The molecule has 0 heterocycles. The Balaban J connectivity index is 1.67. The smallest absolute Gasteiger partial charge is 0.273 e. The van der Waals surface area contributed by atoms with Crippen molar-refractivity contribution >= 4 is 46.3 Å². The highest BCUT2D eigenvalue weighted by molar-refractivity contribution is 14.1. The van der Waals surface area contributed by atoms with E-state index in [9.17, 15) is 9.59 Å². The molecule has 3 rings (SSSR count). The number of carbonyl (C=O) groups is 2. The van der Waals surface area contributed by atoms with Gasteiger partial charge in [-0.05, 0) is 91.1 Å². The predicted molar refractivity (Wildman–Crippen MR) is 164 cm³/mol. The van der Waals surface area contributed by atoms with E-state index in [-0.39, 0.29) is 5.91 Å². The zero-order valence-electron chi connectivity index (χ0n) is 22.5. The highest BCUT2D eigenvalue weighted by Gasteiger charge is 2.15. The maximum atomic E-state index is 13.1. The number of hydrogen-bond donors (Lipinski definition) is 2. The summed E-state index contributed by atoms with van der Waals surface area (Å²) < 4.78 is 0.878. The van der Waals surface area contributed by atoms with Crippen molar-refractivity contribution in [2.75, 3.05) is 38.5 Å². The lowest BCUT2D eigenvalue weighted by atomic mass is 10.1. The third-order valence-corrected chi connectivity index (χ3v) is 6.90. The molecule has 7 nitrogen and oxygen atoms in total. The van der Waals surface area contributed by atoms with Crippen LogP contribution < -0.4 is 10.7 Å². The molecule has 200 valence electrons. The SMILES string of the molecule is CCN(CC)CCN(C)Cc1cccc(C(=O)Nc2ccc(I)cc2C(=O)N/N=C/c2cccc(C)c2)c1. The second kappa shape index (κ2) is 14.8. The van der Waals surface area contributed by atoms with Gasteiger partial charge in [0.15, 0.2) is 0 Å². The number of anilines is 1. The largest absolute Gasteiger partial charge is 0.321 e. The minimum Gasteiger partial charge on any atom is -0.321 e. The van der Waals surface area contributed by atoms with E-state index in [1.54, 1.807) is 24.4 Å². The Kier molecular flexibility index (Phi) is 11.4. The number of rotatable bonds is 12. The van der Waals surface area contributed by atoms with Crippen LogP contribution in [0.3, 0.4) is 0 Å². The summed E-state index contributed by atoms with van der Waals surface area (Å²) in [7, 11) is 2.09. The van der Waals surface area contributed by atoms with Gasteiger partial charge in [0, 0.05) is 28.8 Å². The number of carbonyl (C=O) groups excluding carboxylic acids is 2. The highest BCUT2D eigenvalue weighted by Crippen LogP contribution is 2.20. The van der Waals surface area contributed by atoms with E-state index in [4.69, 9.17) is 0 Å². The van der Waals surface area contributed by atoms with Crippen molar-refractivity contribution in [2.24, 2.45) is 5.10 Å². The summed E-state index contributed by atoms with van der Waals surface area (Å²) in [4.78, 5) is 30.7. The number of likely N-dealkylation sites (N-methyl/N-ethyl adjacent to an activating group) is 2. The molecule has 0 fully saturated rings. The minimum atomic E-state index is -0.397. The number of nitrogens with zero attached hydrogens (tertiary/aromatic N) is 3. The summed E-state index contributed by atoms with van der Waals surface area (Å²) in [5.41, 5.74) is 6.95. The first-order valence-electron chi connectivity index (χ1n) is 12.8. The van der Waals surface area contributed by atoms with Crippen LogP contribution in [-0.2, 0) is 6.54 Å². The van der Waals surface area contributed by atoms with Gasteiger partial charge in [-0.2, -0.15) is 5.10 Å².